The van der Waals surface area contributed by atoms with Gasteiger partial charge in [-0.15, -0.1) is 0 Å². The van der Waals surface area contributed by atoms with Crippen LogP contribution in [-0.4, -0.2) is 56.6 Å². The van der Waals surface area contributed by atoms with Crippen LogP contribution >= 0.6 is 0 Å². The monoisotopic (exact) mass is 374 g/mol. The van der Waals surface area contributed by atoms with Gasteiger partial charge in [0.1, 0.15) is 5.82 Å². The molecule has 3 rings (SSSR count). The molecule has 138 valence electrons. The zero-order valence-electron chi connectivity index (χ0n) is 14.1. The highest BCUT2D eigenvalue weighted by Crippen LogP contribution is 2.21. The molecule has 1 aromatic heterocycles. The minimum absolute atomic E-state index is 0.0955. The van der Waals surface area contributed by atoms with Crippen molar-refractivity contribution in [2.24, 2.45) is 5.73 Å². The summed E-state index contributed by atoms with van der Waals surface area (Å²) in [4.78, 5) is 19.4. The Morgan fingerprint density at radius 3 is 2.38 bits per heavy atom. The molecule has 1 aliphatic heterocycles. The Morgan fingerprint density at radius 2 is 1.85 bits per heavy atom. The van der Waals surface area contributed by atoms with Gasteiger partial charge in [0.15, 0.2) is 0 Å². The van der Waals surface area contributed by atoms with Crippen molar-refractivity contribution in [3.05, 3.63) is 48.2 Å². The van der Waals surface area contributed by atoms with Crippen LogP contribution < -0.4 is 16.0 Å². The van der Waals surface area contributed by atoms with Crippen molar-refractivity contribution in [1.29, 1.82) is 0 Å². The number of primary amides is 1. The maximum atomic E-state index is 11.1. The number of pyridine rings is 1. The third-order valence-electron chi connectivity index (χ3n) is 4.21. The summed E-state index contributed by atoms with van der Waals surface area (Å²) in [5, 5.41) is 3.17. The fraction of sp³-hybridized carbons (Fsp3) is 0.294. The SMILES string of the molecule is NC(=O)c1ccc(Nc2ccc(N3CCN(CS(=O)[O-])CC3)cc2)nc1. The van der Waals surface area contributed by atoms with Gasteiger partial charge in [0.25, 0.3) is 0 Å². The first kappa shape index (κ1) is 18.3. The van der Waals surface area contributed by atoms with Crippen LogP contribution in [0.2, 0.25) is 0 Å². The number of nitrogens with zero attached hydrogens (tertiary/aromatic N) is 3. The van der Waals surface area contributed by atoms with Gasteiger partial charge in [-0.2, -0.15) is 0 Å². The van der Waals surface area contributed by atoms with Gasteiger partial charge in [0.2, 0.25) is 5.91 Å². The van der Waals surface area contributed by atoms with Crippen molar-refractivity contribution < 1.29 is 13.6 Å². The standard InChI is InChI=1S/C17H21N5O3S/c18-17(23)13-1-6-16(19-11-13)20-14-2-4-15(5-3-14)22-9-7-21(8-10-22)12-26(24)25/h1-6,11H,7-10,12H2,(H2,18,23)(H,19,20)(H,24,25)/p-1. The van der Waals surface area contributed by atoms with Crippen LogP contribution in [-0.2, 0) is 11.1 Å². The number of hydrogen-bond acceptors (Lipinski definition) is 7. The lowest BCUT2D eigenvalue weighted by molar-refractivity contribution is 0.1000. The largest absolute Gasteiger partial charge is 0.771 e. The molecular formula is C17H20N5O3S-. The number of piperazine rings is 1. The molecule has 26 heavy (non-hydrogen) atoms. The van der Waals surface area contributed by atoms with E-state index in [0.29, 0.717) is 11.4 Å². The van der Waals surface area contributed by atoms with Crippen LogP contribution in [0.25, 0.3) is 0 Å². The molecule has 9 heteroatoms. The molecule has 1 fully saturated rings. The Balaban J connectivity index is 1.57. The van der Waals surface area contributed by atoms with E-state index in [9.17, 15) is 13.6 Å². The van der Waals surface area contributed by atoms with Gasteiger partial charge in [-0.3, -0.25) is 13.9 Å². The first-order chi connectivity index (χ1) is 12.5. The Morgan fingerprint density at radius 1 is 1.15 bits per heavy atom. The van der Waals surface area contributed by atoms with Gasteiger partial charge in [0, 0.05) is 43.8 Å². The van der Waals surface area contributed by atoms with Crippen LogP contribution in [0.1, 0.15) is 10.4 Å². The van der Waals surface area contributed by atoms with Crippen molar-refractivity contribution in [3.63, 3.8) is 0 Å². The molecule has 1 aromatic carbocycles. The van der Waals surface area contributed by atoms with Crippen LogP contribution in [0.5, 0.6) is 0 Å². The Kier molecular flexibility index (Phi) is 5.82. The lowest BCUT2D eigenvalue weighted by atomic mass is 10.2. The highest BCUT2D eigenvalue weighted by molar-refractivity contribution is 7.79. The van der Waals surface area contributed by atoms with E-state index in [4.69, 9.17) is 5.73 Å². The van der Waals surface area contributed by atoms with Crippen molar-refractivity contribution in [1.82, 2.24) is 9.88 Å². The molecule has 1 amide bonds. The number of anilines is 3. The maximum Gasteiger partial charge on any atom is 0.250 e. The second kappa shape index (κ2) is 8.26. The van der Waals surface area contributed by atoms with Crippen LogP contribution in [0.15, 0.2) is 42.6 Å². The summed E-state index contributed by atoms with van der Waals surface area (Å²) < 4.78 is 21.5. The molecule has 1 unspecified atom stereocenters. The minimum atomic E-state index is -2.03. The summed E-state index contributed by atoms with van der Waals surface area (Å²) in [7, 11) is 0. The predicted octanol–water partition coefficient (Wildman–Crippen LogP) is 0.883. The Labute approximate surface area is 154 Å². The number of aromatic nitrogens is 1. The van der Waals surface area contributed by atoms with Gasteiger partial charge >= 0.3 is 0 Å². The van der Waals surface area contributed by atoms with Crippen LogP contribution in [0.4, 0.5) is 17.2 Å². The van der Waals surface area contributed by atoms with Crippen molar-refractivity contribution in [3.8, 4) is 0 Å². The van der Waals surface area contributed by atoms with Gasteiger partial charge in [-0.25, -0.2) is 4.98 Å². The van der Waals surface area contributed by atoms with Crippen molar-refractivity contribution >= 4 is 34.2 Å². The van der Waals surface area contributed by atoms with Crippen LogP contribution in [0, 0.1) is 0 Å². The van der Waals surface area contributed by atoms with Crippen LogP contribution in [0.3, 0.4) is 0 Å². The van der Waals surface area contributed by atoms with Gasteiger partial charge in [-0.05, 0) is 47.5 Å². The average Bonchev–Trinajstić information content (AvgIpc) is 2.63. The first-order valence-corrected chi connectivity index (χ1v) is 9.42. The van der Waals surface area contributed by atoms with E-state index in [0.717, 1.165) is 37.6 Å². The van der Waals surface area contributed by atoms with Gasteiger partial charge in [0.05, 0.1) is 11.4 Å². The fourth-order valence-electron chi connectivity index (χ4n) is 2.80. The Hall–Kier alpha value is -2.49. The molecule has 0 saturated carbocycles. The van der Waals surface area contributed by atoms with Crippen molar-refractivity contribution in [2.45, 2.75) is 0 Å². The molecule has 1 saturated heterocycles. The molecule has 8 nitrogen and oxygen atoms in total. The van der Waals surface area contributed by atoms with E-state index >= 15 is 0 Å². The third-order valence-corrected chi connectivity index (χ3v) is 4.79. The molecule has 3 N–H and O–H groups in total. The average molecular weight is 374 g/mol. The number of carbonyl (C=O) groups excluding carboxylic acids is 1. The quantitative estimate of drug-likeness (QED) is 0.721. The molecule has 2 heterocycles. The second-order valence-corrected chi connectivity index (χ2v) is 6.87. The van der Waals surface area contributed by atoms with Gasteiger partial charge < -0.3 is 20.5 Å². The summed E-state index contributed by atoms with van der Waals surface area (Å²) in [5.41, 5.74) is 7.54. The summed E-state index contributed by atoms with van der Waals surface area (Å²) in [6, 6.07) is 11.3. The van der Waals surface area contributed by atoms with E-state index in [1.165, 1.54) is 6.20 Å². The smallest absolute Gasteiger partial charge is 0.250 e. The molecule has 1 atom stereocenters. The summed E-state index contributed by atoms with van der Waals surface area (Å²) >= 11 is -2.03. The highest BCUT2D eigenvalue weighted by Gasteiger charge is 2.17. The minimum Gasteiger partial charge on any atom is -0.771 e. The number of benzene rings is 1. The van der Waals surface area contributed by atoms with Crippen molar-refractivity contribution in [2.75, 3.05) is 42.3 Å². The molecule has 1 aliphatic rings. The topological polar surface area (TPSA) is 115 Å². The van der Waals surface area contributed by atoms with E-state index in [-0.39, 0.29) is 5.88 Å². The highest BCUT2D eigenvalue weighted by atomic mass is 32.2. The predicted molar refractivity (Wildman–Crippen MR) is 100 cm³/mol. The number of amides is 1. The molecule has 0 spiro atoms. The third kappa shape index (κ3) is 4.78. The Bertz CT molecular complexity index is 774. The molecular weight excluding hydrogens is 354 g/mol. The summed E-state index contributed by atoms with van der Waals surface area (Å²) in [6.45, 7) is 3.04. The molecule has 0 radical (unpaired) electrons. The lowest BCUT2D eigenvalue weighted by Gasteiger charge is -2.36. The second-order valence-electron chi connectivity index (χ2n) is 6.01. The molecule has 0 aliphatic carbocycles. The normalized spacial score (nSPS) is 16.3. The van der Waals surface area contributed by atoms with E-state index < -0.39 is 17.0 Å². The van der Waals surface area contributed by atoms with E-state index in [1.807, 2.05) is 29.2 Å². The molecule has 2 aromatic rings. The number of hydrogen-bond donors (Lipinski definition) is 2. The van der Waals surface area contributed by atoms with E-state index in [2.05, 4.69) is 15.2 Å². The number of carbonyl (C=O) groups is 1. The first-order valence-electron chi connectivity index (χ1n) is 8.17. The zero-order valence-corrected chi connectivity index (χ0v) is 14.9. The summed E-state index contributed by atoms with van der Waals surface area (Å²) in [6.07, 6.45) is 1.44. The number of nitrogens with two attached hydrogens (primary N) is 1. The van der Waals surface area contributed by atoms with Gasteiger partial charge in [-0.1, -0.05) is 0 Å². The zero-order chi connectivity index (χ0) is 18.5. The number of rotatable bonds is 6. The maximum absolute atomic E-state index is 11.1. The lowest BCUT2D eigenvalue weighted by Crippen LogP contribution is -2.47. The molecule has 0 bridgehead atoms. The number of nitrogens with one attached hydrogen (secondary N) is 1. The summed E-state index contributed by atoms with van der Waals surface area (Å²) in [5.74, 6) is 0.218. The fourth-order valence-corrected chi connectivity index (χ4v) is 3.36. The van der Waals surface area contributed by atoms with E-state index in [1.54, 1.807) is 12.1 Å².